The molecule has 0 unspecified atom stereocenters. The molecule has 39 heavy (non-hydrogen) atoms. The van der Waals surface area contributed by atoms with Crippen molar-refractivity contribution in [1.82, 2.24) is 34.7 Å². The van der Waals surface area contributed by atoms with Gasteiger partial charge in [0, 0.05) is 43.5 Å². The molecule has 0 aliphatic carbocycles. The molecule has 0 saturated heterocycles. The number of hydrogen-bond donors (Lipinski definition) is 1. The third-order valence-corrected chi connectivity index (χ3v) is 5.93. The lowest BCUT2D eigenvalue weighted by Crippen LogP contribution is -2.49. The topological polar surface area (TPSA) is 136 Å². The molecule has 2 N–H and O–H groups in total. The van der Waals surface area contributed by atoms with Crippen LogP contribution in [-0.4, -0.2) is 46.5 Å². The first-order valence-corrected chi connectivity index (χ1v) is 11.5. The van der Waals surface area contributed by atoms with Crippen LogP contribution in [0.25, 0.3) is 21.8 Å². The van der Waals surface area contributed by atoms with Gasteiger partial charge in [-0.3, -0.25) is 19.3 Å². The Bertz CT molecular complexity index is 1700. The van der Waals surface area contributed by atoms with E-state index in [0.717, 1.165) is 22.2 Å². The number of rotatable bonds is 4. The third kappa shape index (κ3) is 4.79. The number of alkyl halides is 3. The summed E-state index contributed by atoms with van der Waals surface area (Å²) in [6.07, 6.45) is 0.438. The highest BCUT2D eigenvalue weighted by Gasteiger charge is 2.32. The number of carbonyl (C=O) groups excluding carboxylic acids is 2. The van der Waals surface area contributed by atoms with Gasteiger partial charge in [-0.05, 0) is 36.4 Å². The maximum atomic E-state index is 14.0. The molecule has 0 bridgehead atoms. The minimum Gasteiger partial charge on any atom is -0.383 e. The summed E-state index contributed by atoms with van der Waals surface area (Å²) in [5.74, 6) is -1.09. The van der Waals surface area contributed by atoms with Crippen molar-refractivity contribution in [3.63, 3.8) is 0 Å². The second-order valence-electron chi connectivity index (χ2n) is 8.54. The highest BCUT2D eigenvalue weighted by Crippen LogP contribution is 2.30. The van der Waals surface area contributed by atoms with Gasteiger partial charge in [0.15, 0.2) is 0 Å². The summed E-state index contributed by atoms with van der Waals surface area (Å²) < 4.78 is 40.8. The number of nitrogens with zero attached hydrogens (tertiary/aromatic N) is 8. The van der Waals surface area contributed by atoms with Crippen LogP contribution in [0, 0.1) is 0 Å². The number of pyridine rings is 2. The smallest absolute Gasteiger partial charge is 0.383 e. The fourth-order valence-electron chi connectivity index (χ4n) is 4.13. The van der Waals surface area contributed by atoms with E-state index >= 15 is 0 Å². The molecular formula is C25H20F3N9O2. The SMILES string of the molecule is CC(=O)N(c1ncccn1)N(Cc1ccc(C(F)(F)F)cn1)C(=O)c1ccc2nc(N)c3cnn(C)c3c2c1. The van der Waals surface area contributed by atoms with Crippen molar-refractivity contribution in [2.24, 2.45) is 7.05 Å². The normalized spacial score (nSPS) is 11.6. The van der Waals surface area contributed by atoms with Gasteiger partial charge in [0.05, 0.1) is 40.4 Å². The van der Waals surface area contributed by atoms with Crippen LogP contribution >= 0.6 is 0 Å². The van der Waals surface area contributed by atoms with Gasteiger partial charge in [0.2, 0.25) is 5.91 Å². The van der Waals surface area contributed by atoms with Crippen LogP contribution in [-0.2, 0) is 24.6 Å². The first-order valence-electron chi connectivity index (χ1n) is 11.5. The van der Waals surface area contributed by atoms with Crippen LogP contribution < -0.4 is 10.7 Å². The largest absolute Gasteiger partial charge is 0.417 e. The molecule has 4 heterocycles. The van der Waals surface area contributed by atoms with E-state index in [-0.39, 0.29) is 29.6 Å². The monoisotopic (exact) mass is 535 g/mol. The molecule has 5 aromatic rings. The number of aromatic nitrogens is 6. The molecule has 0 aliphatic rings. The molecule has 1 aromatic carbocycles. The van der Waals surface area contributed by atoms with Crippen LogP contribution in [0.4, 0.5) is 24.9 Å². The van der Waals surface area contributed by atoms with Crippen LogP contribution in [0.1, 0.15) is 28.5 Å². The lowest BCUT2D eigenvalue weighted by Gasteiger charge is -2.32. The molecule has 4 aromatic heterocycles. The fourth-order valence-corrected chi connectivity index (χ4v) is 4.13. The zero-order valence-electron chi connectivity index (χ0n) is 20.6. The van der Waals surface area contributed by atoms with Crippen LogP contribution in [0.3, 0.4) is 0 Å². The molecule has 2 amide bonds. The minimum absolute atomic E-state index is 0.0998. The molecule has 5 rings (SSSR count). The lowest BCUT2D eigenvalue weighted by atomic mass is 10.1. The average molecular weight is 535 g/mol. The summed E-state index contributed by atoms with van der Waals surface area (Å²) >= 11 is 0. The van der Waals surface area contributed by atoms with Gasteiger partial charge >= 0.3 is 6.18 Å². The number of nitrogens with two attached hydrogens (primary N) is 1. The van der Waals surface area contributed by atoms with E-state index in [0.29, 0.717) is 28.0 Å². The Hall–Kier alpha value is -5.14. The number of halogens is 3. The maximum absolute atomic E-state index is 14.0. The fraction of sp³-hybridized carbons (Fsp3) is 0.160. The number of amides is 2. The molecule has 0 spiro atoms. The Morgan fingerprint density at radius 3 is 2.41 bits per heavy atom. The Kier molecular flexibility index (Phi) is 6.30. The first kappa shape index (κ1) is 25.5. The van der Waals surface area contributed by atoms with Crippen molar-refractivity contribution >= 4 is 45.4 Å². The average Bonchev–Trinajstić information content (AvgIpc) is 3.30. The van der Waals surface area contributed by atoms with E-state index < -0.39 is 23.6 Å². The predicted octanol–water partition coefficient (Wildman–Crippen LogP) is 3.52. The predicted molar refractivity (Wildman–Crippen MR) is 135 cm³/mol. The van der Waals surface area contributed by atoms with Gasteiger partial charge in [-0.1, -0.05) is 0 Å². The summed E-state index contributed by atoms with van der Waals surface area (Å²) in [4.78, 5) is 43.2. The minimum atomic E-state index is -4.58. The Labute approximate surface area is 218 Å². The van der Waals surface area contributed by atoms with Gasteiger partial charge in [-0.2, -0.15) is 23.3 Å². The van der Waals surface area contributed by atoms with Crippen LogP contribution in [0.2, 0.25) is 0 Å². The molecule has 0 atom stereocenters. The second kappa shape index (κ2) is 9.63. The van der Waals surface area contributed by atoms with Crippen molar-refractivity contribution < 1.29 is 22.8 Å². The Morgan fingerprint density at radius 1 is 1.03 bits per heavy atom. The number of benzene rings is 1. The summed E-state index contributed by atoms with van der Waals surface area (Å²) in [6.45, 7) is 0.858. The van der Waals surface area contributed by atoms with Crippen molar-refractivity contribution in [2.45, 2.75) is 19.6 Å². The van der Waals surface area contributed by atoms with E-state index in [9.17, 15) is 22.8 Å². The highest BCUT2D eigenvalue weighted by molar-refractivity contribution is 6.10. The quantitative estimate of drug-likeness (QED) is 0.345. The molecule has 0 saturated carbocycles. The summed E-state index contributed by atoms with van der Waals surface area (Å²) in [5, 5.41) is 7.40. The third-order valence-electron chi connectivity index (χ3n) is 5.93. The van der Waals surface area contributed by atoms with Gasteiger partial charge < -0.3 is 5.73 Å². The Balaban J connectivity index is 1.62. The number of anilines is 2. The molecule has 14 heteroatoms. The molecule has 198 valence electrons. The number of nitrogen functional groups attached to an aromatic ring is 1. The van der Waals surface area contributed by atoms with Crippen molar-refractivity contribution in [3.8, 4) is 0 Å². The van der Waals surface area contributed by atoms with E-state index in [1.54, 1.807) is 30.1 Å². The summed E-state index contributed by atoms with van der Waals surface area (Å²) in [5.41, 5.74) is 6.55. The number of carbonyl (C=O) groups is 2. The van der Waals surface area contributed by atoms with Crippen LogP contribution in [0.15, 0.2) is 61.2 Å². The van der Waals surface area contributed by atoms with Gasteiger partial charge in [0.25, 0.3) is 11.9 Å². The zero-order valence-corrected chi connectivity index (χ0v) is 20.6. The van der Waals surface area contributed by atoms with Crippen molar-refractivity contribution in [3.05, 3.63) is 78.0 Å². The molecular weight excluding hydrogens is 515 g/mol. The summed E-state index contributed by atoms with van der Waals surface area (Å²) in [6, 6.07) is 8.23. The van der Waals surface area contributed by atoms with Crippen molar-refractivity contribution in [1.29, 1.82) is 0 Å². The van der Waals surface area contributed by atoms with Crippen molar-refractivity contribution in [2.75, 3.05) is 10.7 Å². The number of hydrazine groups is 1. The van der Waals surface area contributed by atoms with Crippen LogP contribution in [0.5, 0.6) is 0 Å². The van der Waals surface area contributed by atoms with Gasteiger partial charge in [-0.15, -0.1) is 0 Å². The standard InChI is InChI=1S/C25H20F3N9O2/c1-14(38)37(24-30-8-3-9-31-24)36(13-17-6-5-16(11-32-17)25(26,27)28)23(39)15-4-7-20-18(10-15)21-19(22(29)34-20)12-33-35(21)2/h3-12H,13H2,1-2H3,(H2,29,34). The number of aryl methyl sites for hydroxylation is 1. The lowest BCUT2D eigenvalue weighted by molar-refractivity contribution is -0.137. The molecule has 0 radical (unpaired) electrons. The van der Waals surface area contributed by atoms with E-state index in [4.69, 9.17) is 5.73 Å². The number of hydrogen-bond acceptors (Lipinski definition) is 8. The van der Waals surface area contributed by atoms with E-state index in [2.05, 4.69) is 25.0 Å². The number of fused-ring (bicyclic) bond motifs is 3. The molecule has 0 fully saturated rings. The van der Waals surface area contributed by atoms with Gasteiger partial charge in [0.1, 0.15) is 5.82 Å². The van der Waals surface area contributed by atoms with E-state index in [1.165, 1.54) is 31.5 Å². The maximum Gasteiger partial charge on any atom is 0.417 e. The summed E-state index contributed by atoms with van der Waals surface area (Å²) in [7, 11) is 1.72. The van der Waals surface area contributed by atoms with E-state index in [1.807, 2.05) is 0 Å². The molecule has 11 nitrogen and oxygen atoms in total. The first-order chi connectivity index (χ1) is 18.5. The zero-order chi connectivity index (χ0) is 27.9. The highest BCUT2D eigenvalue weighted by atomic mass is 19.4. The molecule has 0 aliphatic heterocycles. The van der Waals surface area contributed by atoms with Gasteiger partial charge in [-0.25, -0.2) is 20.0 Å². The second-order valence-corrected chi connectivity index (χ2v) is 8.54. The Morgan fingerprint density at radius 2 is 1.77 bits per heavy atom.